The number of nitrogens with zero attached hydrogens (tertiary/aromatic N) is 6. The number of amides is 4. The van der Waals surface area contributed by atoms with E-state index < -0.39 is 20.8 Å². The normalized spacial score (nSPS) is 10.8. The molecule has 0 spiro atoms. The number of phenolic OH excluding ortho intramolecular Hbond substituents is 2. The van der Waals surface area contributed by atoms with Crippen LogP contribution < -0.4 is 51.4 Å². The van der Waals surface area contributed by atoms with Gasteiger partial charge in [-0.3, -0.25) is 45.9 Å². The van der Waals surface area contributed by atoms with Crippen LogP contribution in [0.3, 0.4) is 0 Å². The average Bonchev–Trinajstić information content (AvgIpc) is 1.37. The zero-order chi connectivity index (χ0) is 88.8. The number of nitrogens with two attached hydrogens (primary N) is 2. The lowest BCUT2D eigenvalue weighted by Gasteiger charge is -2.11. The summed E-state index contributed by atoms with van der Waals surface area (Å²) in [5.74, 6) is 7.29. The number of ether oxygens (including phenoxy) is 5. The van der Waals surface area contributed by atoms with Crippen molar-refractivity contribution in [2.45, 2.75) is 79.3 Å². The molecule has 0 saturated carbocycles. The lowest BCUT2D eigenvalue weighted by Crippen LogP contribution is -2.37. The first kappa shape index (κ1) is 96.4. The number of hydrogen-bond donors (Lipinski definition) is 10. The smallest absolute Gasteiger partial charge is 0.332 e. The van der Waals surface area contributed by atoms with Crippen molar-refractivity contribution in [1.82, 2.24) is 36.0 Å². The number of carbonyl (C=O) groups is 2. The highest BCUT2D eigenvalue weighted by Crippen LogP contribution is 2.36. The van der Waals surface area contributed by atoms with Gasteiger partial charge in [0.15, 0.2) is 23.0 Å². The van der Waals surface area contributed by atoms with Crippen molar-refractivity contribution in [3.63, 3.8) is 0 Å². The number of halogens is 1. The van der Waals surface area contributed by atoms with E-state index in [1.807, 2.05) is 193 Å². The summed E-state index contributed by atoms with van der Waals surface area (Å²) >= 11 is 0. The molecule has 3 aromatic heterocycles. The lowest BCUT2D eigenvalue weighted by atomic mass is 10.1. The first-order chi connectivity index (χ1) is 60.2. The molecule has 0 radical (unpaired) electrons. The molecule has 4 heterocycles. The third-order valence-corrected chi connectivity index (χ3v) is 18.2. The van der Waals surface area contributed by atoms with E-state index in [1.165, 1.54) is 54.9 Å². The summed E-state index contributed by atoms with van der Waals surface area (Å²) in [4.78, 5) is 74.2. The van der Waals surface area contributed by atoms with Crippen LogP contribution in [0.5, 0.6) is 40.2 Å². The van der Waals surface area contributed by atoms with Gasteiger partial charge in [-0.2, -0.15) is 5.10 Å². The van der Waals surface area contributed by atoms with Gasteiger partial charge >= 0.3 is 34.8 Å². The average molecular weight is 1720 g/mol. The van der Waals surface area contributed by atoms with E-state index in [4.69, 9.17) is 34.5 Å². The fourth-order valence-corrected chi connectivity index (χ4v) is 12.0. The zero-order valence-electron chi connectivity index (χ0n) is 69.1. The number of fused-ring (bicyclic) bond motifs is 3. The number of unbranched alkanes of at least 4 members (excludes halogenated alkanes) is 1. The molecule has 31 nitrogen and oxygen atoms in total. The van der Waals surface area contributed by atoms with Gasteiger partial charge in [-0.05, 0) is 134 Å². The molecule has 1 aliphatic rings. The molecule has 15 rings (SSSR count). The molecular weight excluding hydrogens is 1620 g/mol. The summed E-state index contributed by atoms with van der Waals surface area (Å²) in [5.41, 5.74) is 17.5. The van der Waals surface area contributed by atoms with Gasteiger partial charge in [-0.1, -0.05) is 214 Å². The number of aromatic hydroxyl groups is 2. The number of hydrazone groups is 1. The summed E-state index contributed by atoms with van der Waals surface area (Å²) in [6.07, 6.45) is 15.5. The number of phenols is 2. The molecule has 0 aliphatic carbocycles. The van der Waals surface area contributed by atoms with Crippen molar-refractivity contribution < 1.29 is 63.2 Å². The Morgan fingerprint density at radius 1 is 0.472 bits per heavy atom. The summed E-state index contributed by atoms with van der Waals surface area (Å²) in [5, 5.41) is 71.7. The largest absolute Gasteiger partial charge is 0.506 e. The zero-order valence-corrected chi connectivity index (χ0v) is 69.9. The number of primary amides is 1. The Hall–Kier alpha value is -15.8. The molecule has 4 amide bonds. The van der Waals surface area contributed by atoms with Gasteiger partial charge < -0.3 is 64.8 Å². The van der Waals surface area contributed by atoms with Crippen molar-refractivity contribution in [3.05, 3.63) is 377 Å². The predicted molar refractivity (Wildman–Crippen MR) is 487 cm³/mol. The number of nitro groups is 4. The van der Waals surface area contributed by atoms with Crippen molar-refractivity contribution in [1.29, 1.82) is 0 Å². The van der Waals surface area contributed by atoms with E-state index in [-0.39, 0.29) is 70.6 Å². The van der Waals surface area contributed by atoms with Gasteiger partial charge in [0.1, 0.15) is 43.7 Å². The number of H-pyrrole nitrogens is 3. The second kappa shape index (κ2) is 52.3. The highest BCUT2D eigenvalue weighted by atomic mass is 35.5. The van der Waals surface area contributed by atoms with E-state index in [9.17, 15) is 55.2 Å². The molecular formula is C93H99ClN14O17. The first-order valence-electron chi connectivity index (χ1n) is 39.2. The molecule has 1 fully saturated rings. The maximum absolute atomic E-state index is 11.5. The Balaban J connectivity index is 0.000000201. The molecule has 650 valence electrons. The highest BCUT2D eigenvalue weighted by Gasteiger charge is 2.23. The maximum atomic E-state index is 11.5. The molecule has 1 saturated heterocycles. The SMILES string of the molecule is CCCCOc1cccc2cc[nH]c12.CNC(=O)NN.Cc1cccc(O)c1[N+](=O)[O-].Cc1cccc(OCc2ccccc2)c1[N+](=O)[O-].Cl.NC(=O)N/N=C/Cc1cccc(OCc2ccccc2)c1[N+](=O)[O-].O=[N+]([O-])c1c(/C=C/N2CCCC2)cccc1OCc1ccccc1.Oc1cccc2cc[nH]c12.c1ccc(COc2cccc3cc[nH]c23)cc1. The molecule has 14 aromatic rings. The van der Waals surface area contributed by atoms with Crippen molar-refractivity contribution in [3.8, 4) is 40.2 Å². The number of urea groups is 2. The number of hydrazine groups is 1. The quantitative estimate of drug-likeness (QED) is 0.00634. The molecule has 125 heavy (non-hydrogen) atoms. The number of nitro benzene ring substituents is 4. The van der Waals surface area contributed by atoms with Crippen LogP contribution >= 0.6 is 12.4 Å². The van der Waals surface area contributed by atoms with E-state index in [0.29, 0.717) is 59.3 Å². The highest BCUT2D eigenvalue weighted by molar-refractivity contribution is 5.87. The first-order valence-corrected chi connectivity index (χ1v) is 39.2. The third-order valence-electron chi connectivity index (χ3n) is 18.2. The van der Waals surface area contributed by atoms with E-state index >= 15 is 0 Å². The number of benzene rings is 11. The molecule has 12 N–H and O–H groups in total. The number of carbonyl (C=O) groups excluding carboxylic acids is 2. The number of hydrogen-bond acceptors (Lipinski definition) is 20. The molecule has 0 atom stereocenters. The molecule has 0 unspecified atom stereocenters. The van der Waals surface area contributed by atoms with Crippen LogP contribution in [0, 0.1) is 54.3 Å². The number of aromatic amines is 3. The van der Waals surface area contributed by atoms with Crippen LogP contribution in [-0.4, -0.2) is 94.8 Å². The van der Waals surface area contributed by atoms with Crippen LogP contribution in [0.4, 0.5) is 32.3 Å². The van der Waals surface area contributed by atoms with E-state index in [0.717, 1.165) is 76.2 Å². The van der Waals surface area contributed by atoms with Crippen LogP contribution in [0.15, 0.2) is 297 Å². The minimum Gasteiger partial charge on any atom is -0.506 e. The molecule has 1 aliphatic heterocycles. The van der Waals surface area contributed by atoms with Crippen LogP contribution in [0.1, 0.15) is 77.1 Å². The molecule has 11 aromatic carbocycles. The van der Waals surface area contributed by atoms with Crippen molar-refractivity contribution >= 4 is 92.2 Å². The topological polar surface area (TPSA) is 444 Å². The Bertz CT molecular complexity index is 5730. The number of likely N-dealkylation sites (tertiary alicyclic amines) is 1. The second-order valence-corrected chi connectivity index (χ2v) is 27.0. The Labute approximate surface area is 727 Å². The van der Waals surface area contributed by atoms with Gasteiger partial charge in [-0.15, -0.1) is 12.4 Å². The summed E-state index contributed by atoms with van der Waals surface area (Å²) in [7, 11) is 1.49. The third kappa shape index (κ3) is 31.7. The van der Waals surface area contributed by atoms with Gasteiger partial charge in [0.25, 0.3) is 0 Å². The van der Waals surface area contributed by atoms with Crippen LogP contribution in [-0.2, 0) is 32.8 Å². The Kier molecular flexibility index (Phi) is 40.3. The van der Waals surface area contributed by atoms with Gasteiger partial charge in [0.2, 0.25) is 0 Å². The van der Waals surface area contributed by atoms with Crippen molar-refractivity contribution in [2.24, 2.45) is 16.7 Å². The summed E-state index contributed by atoms with van der Waals surface area (Å²) in [6.45, 7) is 9.72. The fraction of sp³-hybridized carbons (Fsp3) is 0.172. The summed E-state index contributed by atoms with van der Waals surface area (Å²) in [6, 6.07) is 80.7. The number of aryl methyl sites for hydroxylation is 2. The molecule has 32 heteroatoms. The van der Waals surface area contributed by atoms with E-state index in [1.54, 1.807) is 92.7 Å². The number of para-hydroxylation sites is 7. The van der Waals surface area contributed by atoms with Gasteiger partial charge in [0.05, 0.1) is 48.4 Å². The van der Waals surface area contributed by atoms with Gasteiger partial charge in [0, 0.05) is 84.2 Å². The van der Waals surface area contributed by atoms with Crippen LogP contribution in [0.25, 0.3) is 38.8 Å². The Morgan fingerprint density at radius 3 is 1.28 bits per heavy atom. The van der Waals surface area contributed by atoms with Gasteiger partial charge in [-0.25, -0.2) is 20.9 Å². The fourth-order valence-electron chi connectivity index (χ4n) is 12.0. The predicted octanol–water partition coefficient (Wildman–Crippen LogP) is 19.9. The Morgan fingerprint density at radius 2 is 0.856 bits per heavy atom. The van der Waals surface area contributed by atoms with E-state index in [2.05, 4.69) is 73.4 Å². The lowest BCUT2D eigenvalue weighted by molar-refractivity contribution is -0.386. The minimum atomic E-state index is -0.805. The number of rotatable bonds is 25. The van der Waals surface area contributed by atoms with Crippen LogP contribution in [0.2, 0.25) is 0 Å². The standard InChI is InChI=1S/C19H20N2O3.C16H16N4O4.C15H13NO.C14H13NO3.C12H15NO.C8H7NO.C7H7NO3.C2H7N3O.ClH/c22-21(23)19-17(11-14-20-12-4-5-13-20)9-6-10-18(19)24-15-16-7-2-1-3-8-16;17-16(21)19-18-10-9-13-7-4-8-14(15(13)20(22)23)24-11-12-5-2-1-3-6-12;1-2-5-12(6-3-1)11-17-14-8-4-7-13-9-10-16-15(13)14;1-11-6-5-9-13(14(11)15(16)17)18-10-12-7-3-2-4-8-12;1-2-3-9-14-11-6-4-5-10-7-8-13-12(10)11;10-7-3-1-2-6-4-5-9-8(6)7;1-5-3-2-4-6(9)7(5)8(10)11;1-4-2(6)5-3;/h1-3,6-11,14H,4-5,12-13,15H2;1-8,10H,9,11H2,(H3,17,19,21);1-10,16H,11H2;2-9H,10H2,1H3;4-8,13H,2-3,9H2,1H3;1-5,9-10H;2-4,9H,1H3;3H2,1H3,(H2,4,5,6);1H/b14-11+;18-10+;;;;;;;. The minimum absolute atomic E-state index is 0. The maximum Gasteiger partial charge on any atom is 0.332 e. The monoisotopic (exact) mass is 1720 g/mol. The van der Waals surface area contributed by atoms with Crippen molar-refractivity contribution in [2.75, 3.05) is 26.7 Å². The second-order valence-electron chi connectivity index (χ2n) is 27.0. The number of nitrogens with one attached hydrogen (secondary N) is 6. The molecule has 0 bridgehead atoms. The number of aromatic nitrogens is 3. The summed E-state index contributed by atoms with van der Waals surface area (Å²) < 4.78 is 28.3.